The summed E-state index contributed by atoms with van der Waals surface area (Å²) in [6, 6.07) is 0.144. The fourth-order valence-electron chi connectivity index (χ4n) is 2.45. The van der Waals surface area contributed by atoms with Gasteiger partial charge in [0, 0.05) is 6.42 Å². The van der Waals surface area contributed by atoms with Gasteiger partial charge in [0.1, 0.15) is 5.78 Å². The summed E-state index contributed by atoms with van der Waals surface area (Å²) in [7, 11) is 0. The summed E-state index contributed by atoms with van der Waals surface area (Å²) >= 11 is 0. The van der Waals surface area contributed by atoms with E-state index >= 15 is 0 Å². The summed E-state index contributed by atoms with van der Waals surface area (Å²) in [6.07, 6.45) is 7.13. The average Bonchev–Trinajstić information content (AvgIpc) is 2.26. The summed E-state index contributed by atoms with van der Waals surface area (Å²) in [5.74, 6) is 1.01. The maximum Gasteiger partial charge on any atom is 0.149 e. The number of carbonyl (C=O) groups excluding carboxylic acids is 1. The van der Waals surface area contributed by atoms with E-state index in [0.29, 0.717) is 18.1 Å². The molecule has 1 saturated carbocycles. The highest BCUT2D eigenvalue weighted by atomic mass is 16.1. The molecule has 2 nitrogen and oxygen atoms in total. The third-order valence-corrected chi connectivity index (χ3v) is 3.24. The predicted molar refractivity (Wildman–Crippen MR) is 59.3 cm³/mol. The summed E-state index contributed by atoms with van der Waals surface area (Å²) in [6.45, 7) is 4.96. The molecule has 1 atom stereocenters. The molecule has 2 heteroatoms. The average molecular weight is 197 g/mol. The van der Waals surface area contributed by atoms with Crippen LogP contribution >= 0.6 is 0 Å². The molecule has 1 rings (SSSR count). The van der Waals surface area contributed by atoms with E-state index in [0.717, 1.165) is 6.54 Å². The summed E-state index contributed by atoms with van der Waals surface area (Å²) < 4.78 is 0. The Morgan fingerprint density at radius 1 is 1.29 bits per heavy atom. The molecule has 0 radical (unpaired) electrons. The molecule has 0 heterocycles. The van der Waals surface area contributed by atoms with Gasteiger partial charge in [-0.05, 0) is 25.3 Å². The van der Waals surface area contributed by atoms with Crippen molar-refractivity contribution in [3.05, 3.63) is 0 Å². The van der Waals surface area contributed by atoms with Gasteiger partial charge >= 0.3 is 0 Å². The van der Waals surface area contributed by atoms with Gasteiger partial charge in [0.2, 0.25) is 0 Å². The summed E-state index contributed by atoms with van der Waals surface area (Å²) in [4.78, 5) is 11.7. The van der Waals surface area contributed by atoms with Crippen molar-refractivity contribution in [1.82, 2.24) is 5.32 Å². The number of hydrogen-bond acceptors (Lipinski definition) is 2. The zero-order chi connectivity index (χ0) is 10.4. The van der Waals surface area contributed by atoms with Crippen molar-refractivity contribution in [3.8, 4) is 0 Å². The van der Waals surface area contributed by atoms with Crippen molar-refractivity contribution in [2.45, 2.75) is 58.4 Å². The molecule has 1 aliphatic rings. The molecular weight excluding hydrogens is 174 g/mol. The second-order valence-electron chi connectivity index (χ2n) is 4.25. The number of hydrogen-bond donors (Lipinski definition) is 1. The van der Waals surface area contributed by atoms with Gasteiger partial charge in [-0.15, -0.1) is 0 Å². The smallest absolute Gasteiger partial charge is 0.149 e. The SMILES string of the molecule is CCNC(C(=O)CC)C1CCCCC1. The van der Waals surface area contributed by atoms with Crippen LogP contribution in [0.4, 0.5) is 0 Å². The molecule has 82 valence electrons. The van der Waals surface area contributed by atoms with Crippen LogP contribution in [0.25, 0.3) is 0 Å². The molecule has 1 fully saturated rings. The number of likely N-dealkylation sites (N-methyl/N-ethyl adjacent to an activating group) is 1. The number of Topliss-reactive ketones (excluding diaryl/α,β-unsaturated/α-hetero) is 1. The van der Waals surface area contributed by atoms with E-state index in [-0.39, 0.29) is 6.04 Å². The third kappa shape index (κ3) is 3.09. The molecule has 1 N–H and O–H groups in total. The Kier molecular flexibility index (Phi) is 5.16. The molecule has 14 heavy (non-hydrogen) atoms. The standard InChI is InChI=1S/C12H23NO/c1-3-11(14)12(13-4-2)10-8-6-5-7-9-10/h10,12-13H,3-9H2,1-2H3. The lowest BCUT2D eigenvalue weighted by molar-refractivity contribution is -0.122. The van der Waals surface area contributed by atoms with Crippen LogP contribution in [-0.4, -0.2) is 18.4 Å². The van der Waals surface area contributed by atoms with Crippen LogP contribution in [0.1, 0.15) is 52.4 Å². The first kappa shape index (κ1) is 11.7. The van der Waals surface area contributed by atoms with E-state index in [1.165, 1.54) is 32.1 Å². The highest BCUT2D eigenvalue weighted by Crippen LogP contribution is 2.27. The minimum Gasteiger partial charge on any atom is -0.308 e. The van der Waals surface area contributed by atoms with Gasteiger partial charge in [0.15, 0.2) is 0 Å². The number of ketones is 1. The molecule has 0 aromatic carbocycles. The topological polar surface area (TPSA) is 29.1 Å². The predicted octanol–water partition coefficient (Wildman–Crippen LogP) is 2.52. The number of rotatable bonds is 5. The quantitative estimate of drug-likeness (QED) is 0.733. The monoisotopic (exact) mass is 197 g/mol. The molecular formula is C12H23NO. The molecule has 0 amide bonds. The van der Waals surface area contributed by atoms with E-state index in [9.17, 15) is 4.79 Å². The molecule has 0 aromatic heterocycles. The minimum absolute atomic E-state index is 0.144. The number of carbonyl (C=O) groups is 1. The van der Waals surface area contributed by atoms with Crippen LogP contribution in [0.2, 0.25) is 0 Å². The van der Waals surface area contributed by atoms with E-state index < -0.39 is 0 Å². The summed E-state index contributed by atoms with van der Waals surface area (Å²) in [5, 5.41) is 3.35. The minimum atomic E-state index is 0.144. The number of nitrogens with one attached hydrogen (secondary N) is 1. The lowest BCUT2D eigenvalue weighted by Gasteiger charge is -2.29. The molecule has 1 unspecified atom stereocenters. The van der Waals surface area contributed by atoms with E-state index in [1.54, 1.807) is 0 Å². The van der Waals surface area contributed by atoms with Crippen LogP contribution in [0.3, 0.4) is 0 Å². The fourth-order valence-corrected chi connectivity index (χ4v) is 2.45. The second-order valence-corrected chi connectivity index (χ2v) is 4.25. The molecule has 1 aliphatic carbocycles. The van der Waals surface area contributed by atoms with Crippen molar-refractivity contribution in [1.29, 1.82) is 0 Å². The lowest BCUT2D eigenvalue weighted by atomic mass is 9.82. The maximum absolute atomic E-state index is 11.7. The Labute approximate surface area is 87.5 Å². The zero-order valence-electron chi connectivity index (χ0n) is 9.51. The van der Waals surface area contributed by atoms with E-state index in [1.807, 2.05) is 6.92 Å². The van der Waals surface area contributed by atoms with Crippen molar-refractivity contribution in [3.63, 3.8) is 0 Å². The van der Waals surface area contributed by atoms with Crippen molar-refractivity contribution >= 4 is 5.78 Å². The fraction of sp³-hybridized carbons (Fsp3) is 0.917. The van der Waals surface area contributed by atoms with Crippen molar-refractivity contribution in [2.24, 2.45) is 5.92 Å². The molecule has 0 aliphatic heterocycles. The Bertz CT molecular complexity index is 173. The van der Waals surface area contributed by atoms with Crippen LogP contribution in [0, 0.1) is 5.92 Å². The Balaban J connectivity index is 2.50. The van der Waals surface area contributed by atoms with Crippen LogP contribution < -0.4 is 5.32 Å². The van der Waals surface area contributed by atoms with Crippen molar-refractivity contribution < 1.29 is 4.79 Å². The van der Waals surface area contributed by atoms with Gasteiger partial charge in [0.05, 0.1) is 6.04 Å². The van der Waals surface area contributed by atoms with Gasteiger partial charge in [-0.25, -0.2) is 0 Å². The van der Waals surface area contributed by atoms with Crippen LogP contribution in [0.15, 0.2) is 0 Å². The van der Waals surface area contributed by atoms with Gasteiger partial charge < -0.3 is 5.32 Å². The maximum atomic E-state index is 11.7. The highest BCUT2D eigenvalue weighted by molar-refractivity contribution is 5.84. The summed E-state index contributed by atoms with van der Waals surface area (Å²) in [5.41, 5.74) is 0. The normalized spacial score (nSPS) is 20.7. The van der Waals surface area contributed by atoms with E-state index in [2.05, 4.69) is 12.2 Å². The van der Waals surface area contributed by atoms with Gasteiger partial charge in [0.25, 0.3) is 0 Å². The third-order valence-electron chi connectivity index (χ3n) is 3.24. The molecule has 0 bridgehead atoms. The molecule has 0 spiro atoms. The van der Waals surface area contributed by atoms with E-state index in [4.69, 9.17) is 0 Å². The van der Waals surface area contributed by atoms with Gasteiger partial charge in [-0.1, -0.05) is 33.1 Å². The lowest BCUT2D eigenvalue weighted by Crippen LogP contribution is -2.43. The Hall–Kier alpha value is -0.370. The second kappa shape index (κ2) is 6.18. The zero-order valence-corrected chi connectivity index (χ0v) is 9.51. The van der Waals surface area contributed by atoms with Gasteiger partial charge in [-0.2, -0.15) is 0 Å². The van der Waals surface area contributed by atoms with Crippen LogP contribution in [0.5, 0.6) is 0 Å². The Morgan fingerprint density at radius 3 is 2.43 bits per heavy atom. The first-order valence-electron chi connectivity index (χ1n) is 6.05. The van der Waals surface area contributed by atoms with Gasteiger partial charge in [-0.3, -0.25) is 4.79 Å². The molecule has 0 saturated heterocycles. The molecule has 0 aromatic rings. The van der Waals surface area contributed by atoms with Crippen LogP contribution in [-0.2, 0) is 4.79 Å². The highest BCUT2D eigenvalue weighted by Gasteiger charge is 2.27. The first-order chi connectivity index (χ1) is 6.79. The Morgan fingerprint density at radius 2 is 1.93 bits per heavy atom. The van der Waals surface area contributed by atoms with Crippen molar-refractivity contribution in [2.75, 3.05) is 6.54 Å². The largest absolute Gasteiger partial charge is 0.308 e. The first-order valence-corrected chi connectivity index (χ1v) is 6.05.